The molecule has 0 saturated carbocycles. The zero-order chi connectivity index (χ0) is 26.5. The minimum absolute atomic E-state index is 0.0649. The Balaban J connectivity index is 1.98. The quantitative estimate of drug-likeness (QED) is 0.0952. The molecule has 1 saturated heterocycles. The monoisotopic (exact) mass is 502 g/mol. The predicted octanol–water partition coefficient (Wildman–Crippen LogP) is -0.693. The fourth-order valence-electron chi connectivity index (χ4n) is 4.02. The van der Waals surface area contributed by atoms with Crippen LogP contribution in [0.4, 0.5) is 0 Å². The summed E-state index contributed by atoms with van der Waals surface area (Å²) >= 11 is 0. The second-order valence-corrected chi connectivity index (χ2v) is 8.59. The smallest absolute Gasteiger partial charge is 0.305 e. The van der Waals surface area contributed by atoms with Crippen molar-refractivity contribution in [2.45, 2.75) is 63.1 Å². The van der Waals surface area contributed by atoms with Crippen LogP contribution in [0.3, 0.4) is 0 Å². The van der Waals surface area contributed by atoms with Gasteiger partial charge in [-0.15, -0.1) is 0 Å². The van der Waals surface area contributed by atoms with Crippen LogP contribution in [-0.2, 0) is 30.4 Å². The number of amides is 3. The number of rotatable bonds is 14. The Kier molecular flexibility index (Phi) is 11.3. The second-order valence-electron chi connectivity index (χ2n) is 8.59. The van der Waals surface area contributed by atoms with Crippen molar-refractivity contribution in [3.63, 3.8) is 0 Å². The Morgan fingerprint density at radius 2 is 1.89 bits per heavy atom. The summed E-state index contributed by atoms with van der Waals surface area (Å²) in [6.07, 6.45) is 2.18. The van der Waals surface area contributed by atoms with Gasteiger partial charge in [0.1, 0.15) is 18.4 Å². The molecule has 0 radical (unpaired) electrons. The number of carbonyl (C=O) groups is 5. The molecule has 1 fully saturated rings. The number of hydrogen-bond donors (Lipinski definition) is 5. The number of nitrogens with zero attached hydrogens (tertiary/aromatic N) is 2. The summed E-state index contributed by atoms with van der Waals surface area (Å²) in [6, 6.07) is 6.34. The lowest BCUT2D eigenvalue weighted by molar-refractivity contribution is -0.146. The van der Waals surface area contributed by atoms with E-state index in [1.165, 1.54) is 4.90 Å². The minimum Gasteiger partial charge on any atom is -0.481 e. The second kappa shape index (κ2) is 14.4. The lowest BCUT2D eigenvalue weighted by Crippen LogP contribution is -2.55. The summed E-state index contributed by atoms with van der Waals surface area (Å²) in [4.78, 5) is 66.5. The standard InChI is InChI=1S/C24H34N6O6/c25-24(26)27-12-4-8-17(15-31)28-22(35)19-9-5-13-30(19)23(36)18(14-21(33)34)29-20(32)11-10-16-6-2-1-3-7-16/h1-3,6-7,15,17-19H,4-5,8-14H2,(H,28,35)(H,29,32)(H,33,34)(H4,25,26,27)/t17-,18-,19+/m1/s1. The fourth-order valence-corrected chi connectivity index (χ4v) is 4.02. The molecule has 2 rings (SSSR count). The van der Waals surface area contributed by atoms with Crippen LogP contribution in [0.1, 0.15) is 44.1 Å². The molecule has 1 heterocycles. The van der Waals surface area contributed by atoms with E-state index in [9.17, 15) is 29.1 Å². The van der Waals surface area contributed by atoms with Crippen LogP contribution >= 0.6 is 0 Å². The molecule has 0 bridgehead atoms. The molecule has 0 aliphatic carbocycles. The highest BCUT2D eigenvalue weighted by Crippen LogP contribution is 2.20. The van der Waals surface area contributed by atoms with Gasteiger partial charge in [0.2, 0.25) is 17.7 Å². The molecule has 0 spiro atoms. The van der Waals surface area contributed by atoms with Crippen molar-refractivity contribution >= 4 is 35.9 Å². The van der Waals surface area contributed by atoms with Crippen LogP contribution in [0.2, 0.25) is 0 Å². The molecular weight excluding hydrogens is 468 g/mol. The lowest BCUT2D eigenvalue weighted by atomic mass is 10.1. The predicted molar refractivity (Wildman–Crippen MR) is 132 cm³/mol. The molecule has 196 valence electrons. The first-order chi connectivity index (χ1) is 17.2. The van der Waals surface area contributed by atoms with Crippen LogP contribution in [0.15, 0.2) is 35.3 Å². The number of nitrogens with one attached hydrogen (secondary N) is 2. The Hall–Kier alpha value is -3.96. The number of carbonyl (C=O) groups excluding carboxylic acids is 4. The highest BCUT2D eigenvalue weighted by molar-refractivity contribution is 5.95. The first kappa shape index (κ1) is 28.3. The number of benzene rings is 1. The number of guanidine groups is 1. The summed E-state index contributed by atoms with van der Waals surface area (Å²) in [6.45, 7) is 0.542. The lowest BCUT2D eigenvalue weighted by Gasteiger charge is -2.29. The Labute approximate surface area is 209 Å². The number of aryl methyl sites for hydroxylation is 1. The van der Waals surface area contributed by atoms with Gasteiger partial charge in [0, 0.05) is 19.5 Å². The van der Waals surface area contributed by atoms with Crippen molar-refractivity contribution in [2.75, 3.05) is 13.1 Å². The van der Waals surface area contributed by atoms with Crippen molar-refractivity contribution in [3.05, 3.63) is 35.9 Å². The van der Waals surface area contributed by atoms with E-state index >= 15 is 0 Å². The molecule has 7 N–H and O–H groups in total. The van der Waals surface area contributed by atoms with Gasteiger partial charge in [-0.25, -0.2) is 0 Å². The van der Waals surface area contributed by atoms with E-state index in [-0.39, 0.29) is 18.9 Å². The Morgan fingerprint density at radius 1 is 1.17 bits per heavy atom. The molecule has 1 aromatic carbocycles. The average Bonchev–Trinajstić information content (AvgIpc) is 3.34. The molecule has 1 aliphatic rings. The van der Waals surface area contributed by atoms with Gasteiger partial charge >= 0.3 is 5.97 Å². The number of hydrogen-bond acceptors (Lipinski definition) is 6. The zero-order valence-electron chi connectivity index (χ0n) is 20.1. The van der Waals surface area contributed by atoms with E-state index < -0.39 is 48.2 Å². The van der Waals surface area contributed by atoms with E-state index in [4.69, 9.17) is 11.5 Å². The van der Waals surface area contributed by atoms with Crippen LogP contribution in [0.5, 0.6) is 0 Å². The third-order valence-electron chi connectivity index (χ3n) is 5.79. The fraction of sp³-hybridized carbons (Fsp3) is 0.500. The molecule has 3 amide bonds. The first-order valence-corrected chi connectivity index (χ1v) is 11.9. The third-order valence-corrected chi connectivity index (χ3v) is 5.79. The molecule has 0 unspecified atom stereocenters. The highest BCUT2D eigenvalue weighted by atomic mass is 16.4. The number of nitrogens with two attached hydrogens (primary N) is 2. The Morgan fingerprint density at radius 3 is 2.53 bits per heavy atom. The van der Waals surface area contributed by atoms with Gasteiger partial charge < -0.3 is 36.9 Å². The number of carboxylic acids is 1. The number of aldehydes is 1. The molecule has 36 heavy (non-hydrogen) atoms. The van der Waals surface area contributed by atoms with Crippen molar-refractivity contribution in [1.29, 1.82) is 0 Å². The van der Waals surface area contributed by atoms with Gasteiger partial charge in [-0.3, -0.25) is 24.2 Å². The van der Waals surface area contributed by atoms with Crippen molar-refractivity contribution in [2.24, 2.45) is 16.5 Å². The SMILES string of the molecule is NC(N)=NCCC[C@H](C=O)NC(=O)[C@@H]1CCCN1C(=O)[C@@H](CC(=O)O)NC(=O)CCc1ccccc1. The van der Waals surface area contributed by atoms with Gasteiger partial charge in [-0.2, -0.15) is 0 Å². The van der Waals surface area contributed by atoms with Crippen molar-refractivity contribution in [3.8, 4) is 0 Å². The van der Waals surface area contributed by atoms with Gasteiger partial charge in [0.15, 0.2) is 5.96 Å². The number of aliphatic imine (C=N–C) groups is 1. The van der Waals surface area contributed by atoms with Gasteiger partial charge in [0.25, 0.3) is 0 Å². The molecule has 1 aliphatic heterocycles. The summed E-state index contributed by atoms with van der Waals surface area (Å²) in [5, 5.41) is 14.4. The summed E-state index contributed by atoms with van der Waals surface area (Å²) in [5.41, 5.74) is 11.5. The van der Waals surface area contributed by atoms with Gasteiger partial charge in [-0.1, -0.05) is 30.3 Å². The largest absolute Gasteiger partial charge is 0.481 e. The van der Waals surface area contributed by atoms with Crippen LogP contribution in [0.25, 0.3) is 0 Å². The Bertz CT molecular complexity index is 950. The molecule has 12 nitrogen and oxygen atoms in total. The summed E-state index contributed by atoms with van der Waals surface area (Å²) in [5.74, 6) is -2.92. The maximum Gasteiger partial charge on any atom is 0.305 e. The average molecular weight is 503 g/mol. The van der Waals surface area contributed by atoms with Crippen LogP contribution in [0, 0.1) is 0 Å². The van der Waals surface area contributed by atoms with E-state index in [1.807, 2.05) is 30.3 Å². The van der Waals surface area contributed by atoms with E-state index in [0.717, 1.165) is 5.56 Å². The highest BCUT2D eigenvalue weighted by Gasteiger charge is 2.38. The minimum atomic E-state index is -1.30. The van der Waals surface area contributed by atoms with E-state index in [0.29, 0.717) is 44.9 Å². The van der Waals surface area contributed by atoms with E-state index in [1.54, 1.807) is 0 Å². The number of likely N-dealkylation sites (tertiary alicyclic amines) is 1. The molecular formula is C24H34N6O6. The first-order valence-electron chi connectivity index (χ1n) is 11.9. The number of aliphatic carboxylic acids is 1. The van der Waals surface area contributed by atoms with Crippen LogP contribution in [-0.4, -0.2) is 77.2 Å². The maximum atomic E-state index is 13.2. The van der Waals surface area contributed by atoms with E-state index in [2.05, 4.69) is 15.6 Å². The topological polar surface area (TPSA) is 197 Å². The molecule has 0 aromatic heterocycles. The molecule has 3 atom stereocenters. The van der Waals surface area contributed by atoms with Crippen LogP contribution < -0.4 is 22.1 Å². The van der Waals surface area contributed by atoms with Gasteiger partial charge in [0.05, 0.1) is 12.5 Å². The third kappa shape index (κ3) is 9.35. The van der Waals surface area contributed by atoms with Crippen molar-refractivity contribution in [1.82, 2.24) is 15.5 Å². The summed E-state index contributed by atoms with van der Waals surface area (Å²) < 4.78 is 0. The maximum absolute atomic E-state index is 13.2. The number of carboxylic acid groups (broad SMARTS) is 1. The van der Waals surface area contributed by atoms with Gasteiger partial charge in [-0.05, 0) is 37.7 Å². The normalized spacial score (nSPS) is 16.4. The molecule has 12 heteroatoms. The van der Waals surface area contributed by atoms with Crippen molar-refractivity contribution < 1.29 is 29.1 Å². The summed E-state index contributed by atoms with van der Waals surface area (Å²) in [7, 11) is 0. The molecule has 1 aromatic rings. The zero-order valence-corrected chi connectivity index (χ0v) is 20.1.